The van der Waals surface area contributed by atoms with Gasteiger partial charge in [0.05, 0.1) is 24.0 Å². The SMILES string of the molecule is COc1ccccc1NC(=O)[C@H](NC(=O)c1ccccc1NC(=O)c1ccccc1)C(C)C. The van der Waals surface area contributed by atoms with E-state index in [1.165, 1.54) is 7.11 Å². The molecule has 0 spiro atoms. The lowest BCUT2D eigenvalue weighted by atomic mass is 10.0. The highest BCUT2D eigenvalue weighted by Crippen LogP contribution is 2.24. The lowest BCUT2D eigenvalue weighted by molar-refractivity contribution is -0.118. The minimum Gasteiger partial charge on any atom is -0.495 e. The first kappa shape index (κ1) is 23.5. The molecule has 0 aromatic heterocycles. The van der Waals surface area contributed by atoms with Gasteiger partial charge in [-0.05, 0) is 42.3 Å². The van der Waals surface area contributed by atoms with Crippen molar-refractivity contribution in [1.29, 1.82) is 0 Å². The van der Waals surface area contributed by atoms with Gasteiger partial charge in [-0.3, -0.25) is 14.4 Å². The van der Waals surface area contributed by atoms with Crippen LogP contribution in [0.1, 0.15) is 34.6 Å². The third kappa shape index (κ3) is 5.98. The zero-order chi connectivity index (χ0) is 23.8. The number of nitrogens with one attached hydrogen (secondary N) is 3. The van der Waals surface area contributed by atoms with E-state index in [0.29, 0.717) is 22.7 Å². The molecular formula is C26H27N3O4. The van der Waals surface area contributed by atoms with Crippen LogP contribution in [0.2, 0.25) is 0 Å². The van der Waals surface area contributed by atoms with E-state index in [-0.39, 0.29) is 23.3 Å². The highest BCUT2D eigenvalue weighted by atomic mass is 16.5. The molecule has 0 bridgehead atoms. The summed E-state index contributed by atoms with van der Waals surface area (Å²) in [5.41, 5.74) is 1.61. The van der Waals surface area contributed by atoms with Crippen LogP contribution in [0.5, 0.6) is 5.75 Å². The maximum atomic E-state index is 13.1. The Morgan fingerprint density at radius 1 is 0.727 bits per heavy atom. The number of carbonyl (C=O) groups is 3. The molecule has 0 aliphatic heterocycles. The smallest absolute Gasteiger partial charge is 0.255 e. The molecule has 3 amide bonds. The molecule has 0 aliphatic rings. The van der Waals surface area contributed by atoms with E-state index in [2.05, 4.69) is 16.0 Å². The van der Waals surface area contributed by atoms with Crippen molar-refractivity contribution in [1.82, 2.24) is 5.32 Å². The van der Waals surface area contributed by atoms with Gasteiger partial charge >= 0.3 is 0 Å². The van der Waals surface area contributed by atoms with Gasteiger partial charge in [0.15, 0.2) is 0 Å². The first-order valence-corrected chi connectivity index (χ1v) is 10.6. The van der Waals surface area contributed by atoms with Crippen molar-refractivity contribution >= 4 is 29.1 Å². The molecule has 33 heavy (non-hydrogen) atoms. The van der Waals surface area contributed by atoms with Gasteiger partial charge < -0.3 is 20.7 Å². The fraction of sp³-hybridized carbons (Fsp3) is 0.192. The van der Waals surface area contributed by atoms with Crippen molar-refractivity contribution < 1.29 is 19.1 Å². The molecule has 3 rings (SSSR count). The standard InChI is InChI=1S/C26H27N3O4/c1-17(2)23(26(32)28-21-15-9-10-16-22(21)33-3)29-25(31)19-13-7-8-14-20(19)27-24(30)18-11-5-4-6-12-18/h4-17,23H,1-3H3,(H,27,30)(H,28,32)(H,29,31)/t23-/m1/s1. The number of carbonyl (C=O) groups excluding carboxylic acids is 3. The Morgan fingerprint density at radius 3 is 2.00 bits per heavy atom. The van der Waals surface area contributed by atoms with Crippen LogP contribution in [-0.2, 0) is 4.79 Å². The summed E-state index contributed by atoms with van der Waals surface area (Å²) < 4.78 is 5.28. The first-order valence-electron chi connectivity index (χ1n) is 10.6. The Labute approximate surface area is 193 Å². The molecule has 0 saturated heterocycles. The van der Waals surface area contributed by atoms with Crippen molar-refractivity contribution in [3.8, 4) is 5.75 Å². The van der Waals surface area contributed by atoms with E-state index in [1.54, 1.807) is 72.8 Å². The van der Waals surface area contributed by atoms with Crippen LogP contribution in [0.3, 0.4) is 0 Å². The summed E-state index contributed by atoms with van der Waals surface area (Å²) in [6, 6.07) is 21.7. The van der Waals surface area contributed by atoms with E-state index >= 15 is 0 Å². The Balaban J connectivity index is 1.77. The topological polar surface area (TPSA) is 96.5 Å². The molecule has 7 heteroatoms. The minimum absolute atomic E-state index is 0.185. The van der Waals surface area contributed by atoms with Crippen LogP contribution in [0, 0.1) is 5.92 Å². The van der Waals surface area contributed by atoms with E-state index in [1.807, 2.05) is 19.9 Å². The van der Waals surface area contributed by atoms with E-state index in [9.17, 15) is 14.4 Å². The van der Waals surface area contributed by atoms with Crippen LogP contribution in [0.25, 0.3) is 0 Å². The van der Waals surface area contributed by atoms with Gasteiger partial charge in [0, 0.05) is 5.56 Å². The predicted octanol–water partition coefficient (Wildman–Crippen LogP) is 4.34. The third-order valence-electron chi connectivity index (χ3n) is 5.06. The largest absolute Gasteiger partial charge is 0.495 e. The zero-order valence-corrected chi connectivity index (χ0v) is 18.8. The van der Waals surface area contributed by atoms with Crippen molar-refractivity contribution in [2.45, 2.75) is 19.9 Å². The molecule has 0 fully saturated rings. The van der Waals surface area contributed by atoms with Crippen molar-refractivity contribution in [3.63, 3.8) is 0 Å². The monoisotopic (exact) mass is 445 g/mol. The molecule has 1 atom stereocenters. The van der Waals surface area contributed by atoms with Crippen LogP contribution in [0.15, 0.2) is 78.9 Å². The van der Waals surface area contributed by atoms with Gasteiger partial charge in [-0.2, -0.15) is 0 Å². The average Bonchev–Trinajstić information content (AvgIpc) is 2.83. The summed E-state index contributed by atoms with van der Waals surface area (Å²) >= 11 is 0. The molecule has 0 saturated carbocycles. The highest BCUT2D eigenvalue weighted by Gasteiger charge is 2.26. The van der Waals surface area contributed by atoms with Gasteiger partial charge in [0.2, 0.25) is 5.91 Å². The Kier molecular flexibility index (Phi) is 7.81. The number of hydrogen-bond acceptors (Lipinski definition) is 4. The maximum absolute atomic E-state index is 13.1. The lowest BCUT2D eigenvalue weighted by Gasteiger charge is -2.23. The quantitative estimate of drug-likeness (QED) is 0.481. The molecule has 3 N–H and O–H groups in total. The summed E-state index contributed by atoms with van der Waals surface area (Å²) in [4.78, 5) is 38.7. The number of hydrogen-bond donors (Lipinski definition) is 3. The summed E-state index contributed by atoms with van der Waals surface area (Å²) in [6.45, 7) is 3.69. The molecule has 0 heterocycles. The van der Waals surface area contributed by atoms with Crippen molar-refractivity contribution in [2.75, 3.05) is 17.7 Å². The molecule has 3 aromatic rings. The highest BCUT2D eigenvalue weighted by molar-refractivity contribution is 6.10. The van der Waals surface area contributed by atoms with Gasteiger partial charge in [-0.1, -0.05) is 56.3 Å². The third-order valence-corrected chi connectivity index (χ3v) is 5.06. The second-order valence-electron chi connectivity index (χ2n) is 7.75. The zero-order valence-electron chi connectivity index (χ0n) is 18.8. The Morgan fingerprint density at radius 2 is 1.33 bits per heavy atom. The summed E-state index contributed by atoms with van der Waals surface area (Å²) in [5, 5.41) is 8.40. The van der Waals surface area contributed by atoms with Gasteiger partial charge in [-0.15, -0.1) is 0 Å². The number of para-hydroxylation sites is 3. The molecule has 0 unspecified atom stereocenters. The van der Waals surface area contributed by atoms with Crippen LogP contribution >= 0.6 is 0 Å². The Hall–Kier alpha value is -4.13. The predicted molar refractivity (Wildman–Crippen MR) is 129 cm³/mol. The number of methoxy groups -OCH3 is 1. The fourth-order valence-electron chi connectivity index (χ4n) is 3.29. The van der Waals surface area contributed by atoms with Gasteiger partial charge in [0.1, 0.15) is 11.8 Å². The Bertz CT molecular complexity index is 1130. The minimum atomic E-state index is -0.805. The molecule has 0 aliphatic carbocycles. The molecule has 0 radical (unpaired) electrons. The van der Waals surface area contributed by atoms with E-state index < -0.39 is 11.9 Å². The van der Waals surface area contributed by atoms with Crippen LogP contribution < -0.4 is 20.7 Å². The molecule has 170 valence electrons. The second kappa shape index (κ2) is 10.9. The van der Waals surface area contributed by atoms with Crippen molar-refractivity contribution in [3.05, 3.63) is 90.0 Å². The van der Waals surface area contributed by atoms with E-state index in [4.69, 9.17) is 4.74 Å². The normalized spacial score (nSPS) is 11.4. The summed E-state index contributed by atoms with van der Waals surface area (Å²) in [7, 11) is 1.52. The van der Waals surface area contributed by atoms with E-state index in [0.717, 1.165) is 0 Å². The summed E-state index contributed by atoms with van der Waals surface area (Å²) in [5.74, 6) is -0.824. The van der Waals surface area contributed by atoms with Gasteiger partial charge in [-0.25, -0.2) is 0 Å². The van der Waals surface area contributed by atoms with Crippen molar-refractivity contribution in [2.24, 2.45) is 5.92 Å². The number of benzene rings is 3. The number of ether oxygens (including phenoxy) is 1. The fourth-order valence-corrected chi connectivity index (χ4v) is 3.29. The molecular weight excluding hydrogens is 418 g/mol. The second-order valence-corrected chi connectivity index (χ2v) is 7.75. The summed E-state index contributed by atoms with van der Waals surface area (Å²) in [6.07, 6.45) is 0. The number of anilines is 2. The van der Waals surface area contributed by atoms with Crippen LogP contribution in [0.4, 0.5) is 11.4 Å². The lowest BCUT2D eigenvalue weighted by Crippen LogP contribution is -2.47. The maximum Gasteiger partial charge on any atom is 0.255 e. The average molecular weight is 446 g/mol. The van der Waals surface area contributed by atoms with Gasteiger partial charge in [0.25, 0.3) is 11.8 Å². The first-order chi connectivity index (χ1) is 15.9. The molecule has 7 nitrogen and oxygen atoms in total. The number of rotatable bonds is 8. The molecule has 3 aromatic carbocycles. The number of amides is 3. The van der Waals surface area contributed by atoms with Crippen LogP contribution in [-0.4, -0.2) is 30.9 Å².